The lowest BCUT2D eigenvalue weighted by atomic mass is 10.1. The Bertz CT molecular complexity index is 1540. The third-order valence-electron chi connectivity index (χ3n) is 7.70. The van der Waals surface area contributed by atoms with E-state index in [1.807, 2.05) is 31.3 Å². The van der Waals surface area contributed by atoms with E-state index in [0.717, 1.165) is 62.3 Å². The summed E-state index contributed by atoms with van der Waals surface area (Å²) < 4.78 is 17.3. The van der Waals surface area contributed by atoms with Crippen molar-refractivity contribution in [3.05, 3.63) is 65.9 Å². The monoisotopic (exact) mass is 528 g/mol. The van der Waals surface area contributed by atoms with Gasteiger partial charge in [0.05, 0.1) is 11.1 Å². The van der Waals surface area contributed by atoms with E-state index in [0.29, 0.717) is 28.5 Å². The summed E-state index contributed by atoms with van der Waals surface area (Å²) in [5.41, 5.74) is 11.5. The molecule has 0 atom stereocenters. The standard InChI is InChI=1S/C29H33FN8O/c1-18-13-21(5-3-20(18)15-37-11-9-36(2)10-12-37)34-29(39)35-25-8-4-19(14-24(25)30)23-16-38(22-6-7-22)28-26(23)27(31)32-17-33-28/h3-5,8,13-14,16-17,22H,6-7,9-12,15H2,1-2H3,(H2,31,32,33)(H2,34,35,39). The molecule has 0 bridgehead atoms. The van der Waals surface area contributed by atoms with E-state index in [9.17, 15) is 4.79 Å². The summed E-state index contributed by atoms with van der Waals surface area (Å²) in [6, 6.07) is 10.5. The van der Waals surface area contributed by atoms with Crippen molar-refractivity contribution in [3.63, 3.8) is 0 Å². The molecule has 0 radical (unpaired) electrons. The van der Waals surface area contributed by atoms with Crippen LogP contribution in [0.4, 0.5) is 26.4 Å². The number of fused-ring (bicyclic) bond motifs is 1. The first-order chi connectivity index (χ1) is 18.9. The zero-order chi connectivity index (χ0) is 27.1. The number of hydrogen-bond acceptors (Lipinski definition) is 6. The Kier molecular flexibility index (Phi) is 6.66. The number of piperazine rings is 1. The van der Waals surface area contributed by atoms with Gasteiger partial charge in [-0.1, -0.05) is 12.1 Å². The van der Waals surface area contributed by atoms with Crippen molar-refractivity contribution in [1.82, 2.24) is 24.3 Å². The van der Waals surface area contributed by atoms with Crippen LogP contribution in [0.2, 0.25) is 0 Å². The van der Waals surface area contributed by atoms with Crippen LogP contribution in [-0.2, 0) is 6.54 Å². The number of carbonyl (C=O) groups excluding carboxylic acids is 1. The molecule has 9 nitrogen and oxygen atoms in total. The Morgan fingerprint density at radius 1 is 1.08 bits per heavy atom. The Morgan fingerprint density at radius 2 is 1.87 bits per heavy atom. The second-order valence-corrected chi connectivity index (χ2v) is 10.6. The van der Waals surface area contributed by atoms with Gasteiger partial charge in [0.25, 0.3) is 0 Å². The third-order valence-corrected chi connectivity index (χ3v) is 7.70. The maximum atomic E-state index is 15.2. The van der Waals surface area contributed by atoms with Crippen LogP contribution in [0.25, 0.3) is 22.2 Å². The lowest BCUT2D eigenvalue weighted by Gasteiger charge is -2.32. The summed E-state index contributed by atoms with van der Waals surface area (Å²) in [6.07, 6.45) is 5.59. The lowest BCUT2D eigenvalue weighted by molar-refractivity contribution is 0.148. The van der Waals surface area contributed by atoms with Crippen LogP contribution in [0.15, 0.2) is 48.9 Å². The molecule has 6 rings (SSSR count). The molecule has 1 saturated heterocycles. The number of aromatic nitrogens is 3. The van der Waals surface area contributed by atoms with E-state index in [-0.39, 0.29) is 5.69 Å². The van der Waals surface area contributed by atoms with Gasteiger partial charge in [0.1, 0.15) is 23.6 Å². The number of halogens is 1. The molecule has 202 valence electrons. The number of urea groups is 1. The van der Waals surface area contributed by atoms with E-state index in [4.69, 9.17) is 5.73 Å². The molecule has 0 spiro atoms. The first-order valence-electron chi connectivity index (χ1n) is 13.3. The molecule has 4 aromatic rings. The highest BCUT2D eigenvalue weighted by atomic mass is 19.1. The van der Waals surface area contributed by atoms with Crippen LogP contribution < -0.4 is 16.4 Å². The smallest absolute Gasteiger partial charge is 0.323 e. The topological polar surface area (TPSA) is 104 Å². The van der Waals surface area contributed by atoms with Gasteiger partial charge in [0.2, 0.25) is 0 Å². The minimum absolute atomic E-state index is 0.0924. The van der Waals surface area contributed by atoms with Crippen LogP contribution in [0, 0.1) is 12.7 Å². The van der Waals surface area contributed by atoms with Crippen LogP contribution in [0.3, 0.4) is 0 Å². The highest BCUT2D eigenvalue weighted by Crippen LogP contribution is 2.42. The Hall–Kier alpha value is -4.02. The van der Waals surface area contributed by atoms with Crippen molar-refractivity contribution in [2.75, 3.05) is 49.6 Å². The predicted octanol–water partition coefficient (Wildman–Crippen LogP) is 4.85. The third kappa shape index (κ3) is 5.30. The molecule has 1 aliphatic heterocycles. The number of rotatable bonds is 6. The Morgan fingerprint density at radius 3 is 2.59 bits per heavy atom. The van der Waals surface area contributed by atoms with Gasteiger partial charge in [-0.3, -0.25) is 4.90 Å². The van der Waals surface area contributed by atoms with Crippen molar-refractivity contribution >= 4 is 34.3 Å². The summed E-state index contributed by atoms with van der Waals surface area (Å²) in [4.78, 5) is 26.0. The fourth-order valence-electron chi connectivity index (χ4n) is 5.22. The largest absolute Gasteiger partial charge is 0.383 e. The lowest BCUT2D eigenvalue weighted by Crippen LogP contribution is -2.43. The maximum Gasteiger partial charge on any atom is 0.323 e. The number of hydrogen-bond donors (Lipinski definition) is 3. The van der Waals surface area contributed by atoms with Crippen LogP contribution in [0.5, 0.6) is 0 Å². The van der Waals surface area contributed by atoms with Crippen LogP contribution in [0.1, 0.15) is 30.0 Å². The van der Waals surface area contributed by atoms with Crippen LogP contribution >= 0.6 is 0 Å². The molecule has 4 N–H and O–H groups in total. The van der Waals surface area contributed by atoms with Crippen LogP contribution in [-0.4, -0.2) is 63.6 Å². The molecule has 2 aliphatic rings. The summed E-state index contributed by atoms with van der Waals surface area (Å²) in [6.45, 7) is 7.18. The molecule has 3 heterocycles. The normalized spacial score (nSPS) is 16.5. The molecule has 2 fully saturated rings. The van der Waals surface area contributed by atoms with Gasteiger partial charge < -0.3 is 25.8 Å². The Balaban J connectivity index is 1.14. The first kappa shape index (κ1) is 25.3. The molecule has 39 heavy (non-hydrogen) atoms. The maximum absolute atomic E-state index is 15.2. The summed E-state index contributed by atoms with van der Waals surface area (Å²) in [5, 5.41) is 6.17. The highest BCUT2D eigenvalue weighted by Gasteiger charge is 2.28. The van der Waals surface area contributed by atoms with Gasteiger partial charge in [-0.25, -0.2) is 19.2 Å². The van der Waals surface area contributed by atoms with Gasteiger partial charge in [0.15, 0.2) is 0 Å². The summed E-state index contributed by atoms with van der Waals surface area (Å²) >= 11 is 0. The SMILES string of the molecule is Cc1cc(NC(=O)Nc2ccc(-c3cn(C4CC4)c4ncnc(N)c34)cc2F)ccc1CN1CCN(C)CC1. The van der Waals surface area contributed by atoms with E-state index in [1.54, 1.807) is 12.1 Å². The number of likely N-dealkylation sites (N-methyl/N-ethyl adjacent to an activating group) is 1. The quantitative estimate of drug-likeness (QED) is 0.330. The van der Waals surface area contributed by atoms with Crippen molar-refractivity contribution in [3.8, 4) is 11.1 Å². The summed E-state index contributed by atoms with van der Waals surface area (Å²) in [5.74, 6) is -0.176. The van der Waals surface area contributed by atoms with Crippen molar-refractivity contribution < 1.29 is 9.18 Å². The molecule has 2 aromatic carbocycles. The average molecular weight is 529 g/mol. The predicted molar refractivity (Wildman–Crippen MR) is 152 cm³/mol. The molecule has 10 heteroatoms. The van der Waals surface area contributed by atoms with Crippen molar-refractivity contribution in [2.24, 2.45) is 0 Å². The second kappa shape index (κ2) is 10.3. The second-order valence-electron chi connectivity index (χ2n) is 10.6. The summed E-state index contributed by atoms with van der Waals surface area (Å²) in [7, 11) is 2.15. The number of nitrogen functional groups attached to an aromatic ring is 1. The van der Waals surface area contributed by atoms with Gasteiger partial charge in [-0.05, 0) is 67.8 Å². The number of carbonyl (C=O) groups is 1. The van der Waals surface area contributed by atoms with Gasteiger partial charge in [-0.2, -0.15) is 0 Å². The van der Waals surface area contributed by atoms with E-state index >= 15 is 4.39 Å². The molecular formula is C29H33FN8O. The minimum Gasteiger partial charge on any atom is -0.383 e. The molecule has 2 aromatic heterocycles. The molecule has 1 saturated carbocycles. The zero-order valence-corrected chi connectivity index (χ0v) is 22.2. The number of nitrogens with two attached hydrogens (primary N) is 1. The molecular weight excluding hydrogens is 495 g/mol. The Labute approximate surface area is 226 Å². The molecule has 1 aliphatic carbocycles. The van der Waals surface area contributed by atoms with Gasteiger partial charge in [-0.15, -0.1) is 0 Å². The number of anilines is 3. The van der Waals surface area contributed by atoms with Gasteiger partial charge >= 0.3 is 6.03 Å². The van der Waals surface area contributed by atoms with Crippen molar-refractivity contribution in [1.29, 1.82) is 0 Å². The van der Waals surface area contributed by atoms with Crippen molar-refractivity contribution in [2.45, 2.75) is 32.4 Å². The minimum atomic E-state index is -0.538. The van der Waals surface area contributed by atoms with E-state index in [1.165, 1.54) is 18.0 Å². The average Bonchev–Trinajstić information content (AvgIpc) is 3.68. The number of nitrogens with zero attached hydrogens (tertiary/aromatic N) is 5. The highest BCUT2D eigenvalue weighted by molar-refractivity contribution is 6.02. The molecule has 0 unspecified atom stereocenters. The first-order valence-corrected chi connectivity index (χ1v) is 13.3. The van der Waals surface area contributed by atoms with E-state index < -0.39 is 11.8 Å². The number of benzene rings is 2. The van der Waals surface area contributed by atoms with E-state index in [2.05, 4.69) is 42.0 Å². The number of nitrogens with one attached hydrogen (secondary N) is 2. The van der Waals surface area contributed by atoms with Gasteiger partial charge in [0, 0.05) is 56.2 Å². The fraction of sp³-hybridized carbons (Fsp3) is 0.345. The fourth-order valence-corrected chi connectivity index (χ4v) is 5.22. The number of amides is 2. The number of aryl methyl sites for hydroxylation is 1. The molecule has 2 amide bonds. The zero-order valence-electron chi connectivity index (χ0n) is 22.2.